The maximum Gasteiger partial charge on any atom is 0.307 e. The first-order valence-electron chi connectivity index (χ1n) is 8.14. The smallest absolute Gasteiger partial charge is 0.307 e. The second kappa shape index (κ2) is 9.78. The molecule has 0 aromatic carbocycles. The molecule has 4 nitrogen and oxygen atoms in total. The van der Waals surface area contributed by atoms with Crippen LogP contribution < -0.4 is 0 Å². The molecule has 0 bridgehead atoms. The summed E-state index contributed by atoms with van der Waals surface area (Å²) in [6, 6.07) is 0.336. The number of rotatable bonds is 8. The minimum Gasteiger partial charge on any atom is -0.466 e. The molecule has 0 aliphatic heterocycles. The van der Waals surface area contributed by atoms with Crippen molar-refractivity contribution >= 4 is 11.9 Å². The van der Waals surface area contributed by atoms with Gasteiger partial charge in [-0.1, -0.05) is 32.6 Å². The first-order valence-corrected chi connectivity index (χ1v) is 8.14. The highest BCUT2D eigenvalue weighted by Gasteiger charge is 2.25. The van der Waals surface area contributed by atoms with Gasteiger partial charge in [0.25, 0.3) is 0 Å². The molecule has 0 saturated heterocycles. The molecule has 0 atom stereocenters. The second-order valence-corrected chi connectivity index (χ2v) is 5.54. The minimum atomic E-state index is -0.198. The molecule has 116 valence electrons. The predicted octanol–water partition coefficient (Wildman–Crippen LogP) is 3.29. The van der Waals surface area contributed by atoms with E-state index in [1.807, 2.05) is 11.8 Å². The Morgan fingerprint density at radius 1 is 1.10 bits per heavy atom. The van der Waals surface area contributed by atoms with Gasteiger partial charge >= 0.3 is 5.97 Å². The molecular formula is C16H29NO3. The predicted molar refractivity (Wildman–Crippen MR) is 79.4 cm³/mol. The number of esters is 1. The van der Waals surface area contributed by atoms with Crippen molar-refractivity contribution in [2.24, 2.45) is 0 Å². The summed E-state index contributed by atoms with van der Waals surface area (Å²) in [5.74, 6) is 0.0136. The summed E-state index contributed by atoms with van der Waals surface area (Å²) in [5, 5.41) is 0. The van der Waals surface area contributed by atoms with Crippen LogP contribution in [0.2, 0.25) is 0 Å². The van der Waals surface area contributed by atoms with Crippen LogP contribution in [0.1, 0.15) is 71.6 Å². The van der Waals surface area contributed by atoms with Gasteiger partial charge in [0.05, 0.1) is 13.0 Å². The van der Waals surface area contributed by atoms with Crippen LogP contribution in [-0.4, -0.2) is 36.0 Å². The van der Waals surface area contributed by atoms with E-state index < -0.39 is 0 Å². The minimum absolute atomic E-state index is 0.198. The van der Waals surface area contributed by atoms with Crippen molar-refractivity contribution in [3.8, 4) is 0 Å². The zero-order valence-corrected chi connectivity index (χ0v) is 13.0. The quantitative estimate of drug-likeness (QED) is 0.642. The van der Waals surface area contributed by atoms with E-state index in [0.29, 0.717) is 32.0 Å². The van der Waals surface area contributed by atoms with E-state index in [4.69, 9.17) is 4.74 Å². The second-order valence-electron chi connectivity index (χ2n) is 5.54. The third kappa shape index (κ3) is 5.93. The average molecular weight is 283 g/mol. The summed E-state index contributed by atoms with van der Waals surface area (Å²) >= 11 is 0. The van der Waals surface area contributed by atoms with Crippen molar-refractivity contribution in [3.05, 3.63) is 0 Å². The van der Waals surface area contributed by atoms with Gasteiger partial charge in [-0.2, -0.15) is 0 Å². The molecule has 0 heterocycles. The van der Waals surface area contributed by atoms with Gasteiger partial charge in [-0.05, 0) is 26.2 Å². The number of carbonyl (C=O) groups excluding carboxylic acids is 2. The van der Waals surface area contributed by atoms with Gasteiger partial charge in [0.2, 0.25) is 5.91 Å². The number of amides is 1. The van der Waals surface area contributed by atoms with Gasteiger partial charge in [0.15, 0.2) is 0 Å². The first kappa shape index (κ1) is 17.0. The summed E-state index contributed by atoms with van der Waals surface area (Å²) in [7, 11) is 0. The van der Waals surface area contributed by atoms with E-state index in [9.17, 15) is 9.59 Å². The lowest BCUT2D eigenvalue weighted by Crippen LogP contribution is -2.42. The van der Waals surface area contributed by atoms with Gasteiger partial charge < -0.3 is 9.64 Å². The van der Waals surface area contributed by atoms with Crippen molar-refractivity contribution < 1.29 is 14.3 Å². The first-order chi connectivity index (χ1) is 9.69. The maximum atomic E-state index is 12.3. The lowest BCUT2D eigenvalue weighted by molar-refractivity contribution is -0.144. The van der Waals surface area contributed by atoms with Crippen molar-refractivity contribution in [2.75, 3.05) is 13.2 Å². The molecule has 1 saturated carbocycles. The molecule has 1 rings (SSSR count). The van der Waals surface area contributed by atoms with Crippen LogP contribution in [0.25, 0.3) is 0 Å². The third-order valence-corrected chi connectivity index (χ3v) is 3.94. The molecule has 0 spiro atoms. The number of ether oxygens (including phenoxy) is 1. The molecule has 1 aliphatic carbocycles. The van der Waals surface area contributed by atoms with Crippen molar-refractivity contribution in [3.63, 3.8) is 0 Å². The molecule has 0 aromatic rings. The van der Waals surface area contributed by atoms with Crippen LogP contribution in [0.5, 0.6) is 0 Å². The van der Waals surface area contributed by atoms with Crippen LogP contribution in [0.4, 0.5) is 0 Å². The van der Waals surface area contributed by atoms with E-state index in [-0.39, 0.29) is 11.9 Å². The number of hydrogen-bond acceptors (Lipinski definition) is 3. The van der Waals surface area contributed by atoms with E-state index in [1.54, 1.807) is 0 Å². The zero-order chi connectivity index (χ0) is 14.8. The Labute approximate surface area is 122 Å². The van der Waals surface area contributed by atoms with Crippen LogP contribution in [-0.2, 0) is 14.3 Å². The van der Waals surface area contributed by atoms with Gasteiger partial charge in [-0.15, -0.1) is 0 Å². The third-order valence-electron chi connectivity index (χ3n) is 3.94. The van der Waals surface area contributed by atoms with Gasteiger partial charge in [-0.3, -0.25) is 9.59 Å². The molecule has 1 aliphatic rings. The van der Waals surface area contributed by atoms with Crippen LogP contribution in [0.3, 0.4) is 0 Å². The summed E-state index contributed by atoms with van der Waals surface area (Å²) in [5.41, 5.74) is 0. The van der Waals surface area contributed by atoms with E-state index in [2.05, 4.69) is 6.92 Å². The fourth-order valence-electron chi connectivity index (χ4n) is 2.82. The van der Waals surface area contributed by atoms with Crippen LogP contribution in [0.15, 0.2) is 0 Å². The van der Waals surface area contributed by atoms with E-state index in [1.165, 1.54) is 19.3 Å². The highest BCUT2D eigenvalue weighted by Crippen LogP contribution is 2.23. The Morgan fingerprint density at radius 3 is 2.40 bits per heavy atom. The van der Waals surface area contributed by atoms with Gasteiger partial charge in [0.1, 0.15) is 0 Å². The van der Waals surface area contributed by atoms with Crippen molar-refractivity contribution in [1.82, 2.24) is 4.90 Å². The molecule has 1 fully saturated rings. The fraction of sp³-hybridized carbons (Fsp3) is 0.875. The Bertz CT molecular complexity index is 298. The van der Waals surface area contributed by atoms with Crippen molar-refractivity contribution in [1.29, 1.82) is 0 Å². The van der Waals surface area contributed by atoms with Crippen LogP contribution >= 0.6 is 0 Å². The summed E-state index contributed by atoms with van der Waals surface area (Å²) in [4.78, 5) is 25.8. The highest BCUT2D eigenvalue weighted by molar-refractivity contribution is 5.77. The Hall–Kier alpha value is -1.06. The standard InChI is InChI=1S/C16H29NO3/c1-3-5-11-15(18)17(13-12-16(19)20-4-2)14-9-7-6-8-10-14/h14H,3-13H2,1-2H3. The number of hydrogen-bond donors (Lipinski definition) is 0. The topological polar surface area (TPSA) is 46.6 Å². The Kier molecular flexibility index (Phi) is 8.31. The molecule has 0 aromatic heterocycles. The molecule has 4 heteroatoms. The van der Waals surface area contributed by atoms with Crippen LogP contribution in [0, 0.1) is 0 Å². The molecule has 0 N–H and O–H groups in total. The number of unbranched alkanes of at least 4 members (excludes halogenated alkanes) is 1. The number of carbonyl (C=O) groups is 2. The molecule has 20 heavy (non-hydrogen) atoms. The fourth-order valence-corrected chi connectivity index (χ4v) is 2.82. The maximum absolute atomic E-state index is 12.3. The summed E-state index contributed by atoms with van der Waals surface area (Å²) < 4.78 is 4.96. The lowest BCUT2D eigenvalue weighted by atomic mass is 9.93. The van der Waals surface area contributed by atoms with Gasteiger partial charge in [0, 0.05) is 19.0 Å². The summed E-state index contributed by atoms with van der Waals surface area (Å²) in [6.07, 6.45) is 8.72. The van der Waals surface area contributed by atoms with E-state index >= 15 is 0 Å². The molecular weight excluding hydrogens is 254 g/mol. The normalized spacial score (nSPS) is 15.9. The molecule has 0 radical (unpaired) electrons. The SMILES string of the molecule is CCCCC(=O)N(CCC(=O)OCC)C1CCCCC1. The largest absolute Gasteiger partial charge is 0.466 e. The lowest BCUT2D eigenvalue weighted by Gasteiger charge is -2.34. The summed E-state index contributed by atoms with van der Waals surface area (Å²) in [6.45, 7) is 4.83. The highest BCUT2D eigenvalue weighted by atomic mass is 16.5. The number of nitrogens with zero attached hydrogens (tertiary/aromatic N) is 1. The molecule has 1 amide bonds. The monoisotopic (exact) mass is 283 g/mol. The molecule has 0 unspecified atom stereocenters. The van der Waals surface area contributed by atoms with E-state index in [0.717, 1.165) is 25.7 Å². The van der Waals surface area contributed by atoms with Gasteiger partial charge in [-0.25, -0.2) is 0 Å². The zero-order valence-electron chi connectivity index (χ0n) is 13.0. The Morgan fingerprint density at radius 2 is 1.80 bits per heavy atom. The average Bonchev–Trinajstić information content (AvgIpc) is 2.46. The van der Waals surface area contributed by atoms with Crippen molar-refractivity contribution in [2.45, 2.75) is 77.7 Å². The Balaban J connectivity index is 2.53.